The molecule has 104 valence electrons. The number of halogens is 2. The second-order valence-corrected chi connectivity index (χ2v) is 4.57. The minimum absolute atomic E-state index is 0.370. The van der Waals surface area contributed by atoms with Gasteiger partial charge in [-0.25, -0.2) is 4.39 Å². The number of rotatable bonds is 4. The Bertz CT molecular complexity index is 601. The summed E-state index contributed by atoms with van der Waals surface area (Å²) in [6, 6.07) is 12.5. The van der Waals surface area contributed by atoms with Crippen LogP contribution in [0.3, 0.4) is 0 Å². The first kappa shape index (κ1) is 14.3. The number of carbonyl (C=O) groups is 1. The first-order valence-corrected chi connectivity index (χ1v) is 6.38. The highest BCUT2D eigenvalue weighted by molar-refractivity contribution is 6.32. The standard InChI is InChI=1S/C15H13ClFNO2/c1-20-13-7-5-10(6-8-13)14(16)15(19)18-12-4-2-3-11(17)9-12/h2-9,14H,1H3,(H,18,19). The van der Waals surface area contributed by atoms with E-state index in [1.165, 1.54) is 18.2 Å². The molecule has 2 aromatic rings. The van der Waals surface area contributed by atoms with Crippen LogP contribution in [0.25, 0.3) is 0 Å². The number of benzene rings is 2. The van der Waals surface area contributed by atoms with E-state index >= 15 is 0 Å². The van der Waals surface area contributed by atoms with Crippen molar-refractivity contribution in [3.8, 4) is 5.75 Å². The third-order valence-electron chi connectivity index (χ3n) is 2.73. The average molecular weight is 294 g/mol. The molecule has 0 aliphatic carbocycles. The van der Waals surface area contributed by atoms with Crippen molar-refractivity contribution in [1.29, 1.82) is 0 Å². The molecule has 0 saturated heterocycles. The molecule has 5 heteroatoms. The van der Waals surface area contributed by atoms with Crippen molar-refractivity contribution >= 4 is 23.2 Å². The van der Waals surface area contributed by atoms with E-state index in [1.54, 1.807) is 37.4 Å². The fourth-order valence-electron chi connectivity index (χ4n) is 1.70. The van der Waals surface area contributed by atoms with Crippen LogP contribution in [0.1, 0.15) is 10.9 Å². The van der Waals surface area contributed by atoms with Gasteiger partial charge in [-0.05, 0) is 35.9 Å². The lowest BCUT2D eigenvalue weighted by molar-refractivity contribution is -0.116. The van der Waals surface area contributed by atoms with Crippen molar-refractivity contribution in [2.24, 2.45) is 0 Å². The molecule has 0 aromatic heterocycles. The fraction of sp³-hybridized carbons (Fsp3) is 0.133. The Hall–Kier alpha value is -2.07. The maximum atomic E-state index is 13.0. The molecule has 3 nitrogen and oxygen atoms in total. The molecule has 0 saturated carbocycles. The van der Waals surface area contributed by atoms with Gasteiger partial charge in [-0.3, -0.25) is 4.79 Å². The van der Waals surface area contributed by atoms with Crippen LogP contribution in [0, 0.1) is 5.82 Å². The summed E-state index contributed by atoms with van der Waals surface area (Å²) in [6.07, 6.45) is 0. The summed E-state index contributed by atoms with van der Waals surface area (Å²) < 4.78 is 18.1. The molecule has 1 atom stereocenters. The van der Waals surface area contributed by atoms with Gasteiger partial charge in [0, 0.05) is 5.69 Å². The van der Waals surface area contributed by atoms with E-state index in [4.69, 9.17) is 16.3 Å². The highest BCUT2D eigenvalue weighted by atomic mass is 35.5. The van der Waals surface area contributed by atoms with Crippen molar-refractivity contribution in [2.45, 2.75) is 5.38 Å². The van der Waals surface area contributed by atoms with E-state index in [0.29, 0.717) is 17.0 Å². The second kappa shape index (κ2) is 6.39. The van der Waals surface area contributed by atoms with Crippen LogP contribution in [0.4, 0.5) is 10.1 Å². The molecule has 2 rings (SSSR count). The monoisotopic (exact) mass is 293 g/mol. The first-order chi connectivity index (χ1) is 9.60. The quantitative estimate of drug-likeness (QED) is 0.872. The zero-order chi connectivity index (χ0) is 14.5. The zero-order valence-electron chi connectivity index (χ0n) is 10.8. The number of carbonyl (C=O) groups excluding carboxylic acids is 1. The molecule has 0 bridgehead atoms. The Kier molecular flexibility index (Phi) is 4.58. The van der Waals surface area contributed by atoms with Crippen LogP contribution < -0.4 is 10.1 Å². The lowest BCUT2D eigenvalue weighted by Crippen LogP contribution is -2.17. The Morgan fingerprint density at radius 3 is 2.55 bits per heavy atom. The van der Waals surface area contributed by atoms with Crippen LogP contribution in [-0.2, 0) is 4.79 Å². The SMILES string of the molecule is COc1ccc(C(Cl)C(=O)Nc2cccc(F)c2)cc1. The number of methoxy groups -OCH3 is 1. The van der Waals surface area contributed by atoms with Gasteiger partial charge in [0.25, 0.3) is 0 Å². The van der Waals surface area contributed by atoms with Crippen molar-refractivity contribution < 1.29 is 13.9 Å². The topological polar surface area (TPSA) is 38.3 Å². The van der Waals surface area contributed by atoms with Crippen LogP contribution >= 0.6 is 11.6 Å². The van der Waals surface area contributed by atoms with Gasteiger partial charge >= 0.3 is 0 Å². The van der Waals surface area contributed by atoms with Gasteiger partial charge < -0.3 is 10.1 Å². The number of alkyl halides is 1. The van der Waals surface area contributed by atoms with E-state index in [9.17, 15) is 9.18 Å². The fourth-order valence-corrected chi connectivity index (χ4v) is 1.90. The van der Waals surface area contributed by atoms with Crippen molar-refractivity contribution in [2.75, 3.05) is 12.4 Å². The normalized spacial score (nSPS) is 11.8. The largest absolute Gasteiger partial charge is 0.497 e. The van der Waals surface area contributed by atoms with Gasteiger partial charge in [0.05, 0.1) is 7.11 Å². The maximum absolute atomic E-state index is 13.0. The molecule has 0 aliphatic heterocycles. The predicted molar refractivity (Wildman–Crippen MR) is 76.6 cm³/mol. The van der Waals surface area contributed by atoms with E-state index in [2.05, 4.69) is 5.32 Å². The molecule has 1 unspecified atom stereocenters. The predicted octanol–water partition coefficient (Wildman–Crippen LogP) is 3.75. The lowest BCUT2D eigenvalue weighted by atomic mass is 10.1. The number of hydrogen-bond acceptors (Lipinski definition) is 2. The van der Waals surface area contributed by atoms with Crippen LogP contribution in [-0.4, -0.2) is 13.0 Å². The number of anilines is 1. The number of ether oxygens (including phenoxy) is 1. The lowest BCUT2D eigenvalue weighted by Gasteiger charge is -2.11. The number of nitrogens with one attached hydrogen (secondary N) is 1. The van der Waals surface area contributed by atoms with Crippen molar-refractivity contribution in [3.05, 3.63) is 59.9 Å². The molecular formula is C15H13ClFNO2. The molecule has 1 amide bonds. The van der Waals surface area contributed by atoms with Crippen LogP contribution in [0.5, 0.6) is 5.75 Å². The third kappa shape index (κ3) is 3.48. The van der Waals surface area contributed by atoms with Crippen molar-refractivity contribution in [3.63, 3.8) is 0 Å². The van der Waals surface area contributed by atoms with Gasteiger partial charge in [-0.1, -0.05) is 18.2 Å². The van der Waals surface area contributed by atoms with E-state index in [0.717, 1.165) is 0 Å². The van der Waals surface area contributed by atoms with Gasteiger partial charge in [0.2, 0.25) is 5.91 Å². The molecule has 0 heterocycles. The molecular weight excluding hydrogens is 281 g/mol. The third-order valence-corrected chi connectivity index (χ3v) is 3.18. The summed E-state index contributed by atoms with van der Waals surface area (Å²) in [5.41, 5.74) is 1.01. The van der Waals surface area contributed by atoms with E-state index in [1.807, 2.05) is 0 Å². The Labute approximate surface area is 121 Å². The summed E-state index contributed by atoms with van der Waals surface area (Å²) >= 11 is 6.10. The highest BCUT2D eigenvalue weighted by Gasteiger charge is 2.17. The minimum atomic E-state index is -0.857. The molecule has 0 spiro atoms. The Morgan fingerprint density at radius 1 is 1.25 bits per heavy atom. The Balaban J connectivity index is 2.07. The summed E-state index contributed by atoms with van der Waals surface area (Å²) in [6.45, 7) is 0. The molecule has 1 N–H and O–H groups in total. The molecule has 0 aliphatic rings. The second-order valence-electron chi connectivity index (χ2n) is 4.14. The van der Waals surface area contributed by atoms with Gasteiger partial charge in [0.1, 0.15) is 16.9 Å². The summed E-state index contributed by atoms with van der Waals surface area (Å²) in [7, 11) is 1.56. The summed E-state index contributed by atoms with van der Waals surface area (Å²) in [5, 5.41) is 1.71. The van der Waals surface area contributed by atoms with Crippen LogP contribution in [0.15, 0.2) is 48.5 Å². The number of amides is 1. The molecule has 2 aromatic carbocycles. The summed E-state index contributed by atoms with van der Waals surface area (Å²) in [5.74, 6) is -0.149. The zero-order valence-corrected chi connectivity index (χ0v) is 11.5. The smallest absolute Gasteiger partial charge is 0.246 e. The maximum Gasteiger partial charge on any atom is 0.246 e. The minimum Gasteiger partial charge on any atom is -0.497 e. The highest BCUT2D eigenvalue weighted by Crippen LogP contribution is 2.24. The van der Waals surface area contributed by atoms with Crippen molar-refractivity contribution in [1.82, 2.24) is 0 Å². The van der Waals surface area contributed by atoms with Crippen LogP contribution in [0.2, 0.25) is 0 Å². The van der Waals surface area contributed by atoms with Gasteiger partial charge in [0.15, 0.2) is 0 Å². The molecule has 0 radical (unpaired) electrons. The van der Waals surface area contributed by atoms with Gasteiger partial charge in [-0.2, -0.15) is 0 Å². The van der Waals surface area contributed by atoms with E-state index < -0.39 is 17.1 Å². The van der Waals surface area contributed by atoms with E-state index in [-0.39, 0.29) is 0 Å². The first-order valence-electron chi connectivity index (χ1n) is 5.94. The number of hydrogen-bond donors (Lipinski definition) is 1. The molecule has 0 fully saturated rings. The Morgan fingerprint density at radius 2 is 1.95 bits per heavy atom. The summed E-state index contributed by atoms with van der Waals surface area (Å²) in [4.78, 5) is 12.0. The molecule has 20 heavy (non-hydrogen) atoms. The van der Waals surface area contributed by atoms with Gasteiger partial charge in [-0.15, -0.1) is 11.6 Å². The average Bonchev–Trinajstić information content (AvgIpc) is 2.46.